The van der Waals surface area contributed by atoms with Crippen LogP contribution in [0.25, 0.3) is 5.95 Å². The molecule has 15 heavy (non-hydrogen) atoms. The van der Waals surface area contributed by atoms with E-state index in [9.17, 15) is 4.79 Å². The Bertz CT molecular complexity index is 494. The summed E-state index contributed by atoms with van der Waals surface area (Å²) in [6, 6.07) is 1.38. The van der Waals surface area contributed by atoms with Gasteiger partial charge in [-0.2, -0.15) is 5.10 Å². The maximum atomic E-state index is 10.6. The van der Waals surface area contributed by atoms with Crippen molar-refractivity contribution in [2.75, 3.05) is 0 Å². The first-order chi connectivity index (χ1) is 7.16. The first-order valence-electron chi connectivity index (χ1n) is 3.94. The standard InChI is InChI=1S/C8H5BrN4O2/c9-5-3-10-8(11-4-5)13-2-1-6(12-13)7(14)15/h1-4H,(H,14,15). The Morgan fingerprint density at radius 2 is 2.07 bits per heavy atom. The van der Waals surface area contributed by atoms with Gasteiger partial charge in [-0.05, 0) is 22.0 Å². The van der Waals surface area contributed by atoms with Crippen LogP contribution in [-0.2, 0) is 0 Å². The Kier molecular flexibility index (Phi) is 2.46. The molecule has 0 spiro atoms. The molecule has 0 saturated heterocycles. The minimum Gasteiger partial charge on any atom is -0.476 e. The van der Waals surface area contributed by atoms with Gasteiger partial charge in [-0.1, -0.05) is 0 Å². The lowest BCUT2D eigenvalue weighted by Crippen LogP contribution is -2.04. The summed E-state index contributed by atoms with van der Waals surface area (Å²) in [4.78, 5) is 18.5. The van der Waals surface area contributed by atoms with Crippen molar-refractivity contribution in [3.05, 3.63) is 34.8 Å². The monoisotopic (exact) mass is 268 g/mol. The van der Waals surface area contributed by atoms with Crippen LogP contribution in [0.3, 0.4) is 0 Å². The maximum Gasteiger partial charge on any atom is 0.356 e. The SMILES string of the molecule is O=C(O)c1ccn(-c2ncc(Br)cn2)n1. The molecule has 0 fully saturated rings. The minimum atomic E-state index is -1.08. The number of carbonyl (C=O) groups is 1. The Morgan fingerprint density at radius 3 is 2.60 bits per heavy atom. The summed E-state index contributed by atoms with van der Waals surface area (Å²) in [5, 5.41) is 12.5. The van der Waals surface area contributed by atoms with E-state index in [2.05, 4.69) is 31.0 Å². The van der Waals surface area contributed by atoms with Crippen LogP contribution in [-0.4, -0.2) is 30.8 Å². The number of carboxylic acid groups (broad SMARTS) is 1. The molecule has 0 unspecified atom stereocenters. The molecular weight excluding hydrogens is 264 g/mol. The first-order valence-corrected chi connectivity index (χ1v) is 4.73. The van der Waals surface area contributed by atoms with E-state index >= 15 is 0 Å². The minimum absolute atomic E-state index is 0.0403. The molecule has 0 atom stereocenters. The third-order valence-electron chi connectivity index (χ3n) is 1.62. The van der Waals surface area contributed by atoms with Crippen LogP contribution < -0.4 is 0 Å². The zero-order chi connectivity index (χ0) is 10.8. The highest BCUT2D eigenvalue weighted by atomic mass is 79.9. The van der Waals surface area contributed by atoms with Gasteiger partial charge in [0.1, 0.15) is 0 Å². The molecule has 76 valence electrons. The normalized spacial score (nSPS) is 10.2. The van der Waals surface area contributed by atoms with E-state index in [-0.39, 0.29) is 5.69 Å². The number of rotatable bonds is 2. The zero-order valence-electron chi connectivity index (χ0n) is 7.33. The summed E-state index contributed by atoms with van der Waals surface area (Å²) in [5.41, 5.74) is -0.0403. The molecule has 2 aromatic heterocycles. The Hall–Kier alpha value is -1.76. The van der Waals surface area contributed by atoms with Crippen molar-refractivity contribution in [1.82, 2.24) is 19.7 Å². The molecule has 6 nitrogen and oxygen atoms in total. The van der Waals surface area contributed by atoms with Crippen LogP contribution in [0.4, 0.5) is 0 Å². The maximum absolute atomic E-state index is 10.6. The van der Waals surface area contributed by atoms with Gasteiger partial charge >= 0.3 is 5.97 Å². The highest BCUT2D eigenvalue weighted by Crippen LogP contribution is 2.07. The van der Waals surface area contributed by atoms with E-state index < -0.39 is 5.97 Å². The van der Waals surface area contributed by atoms with Gasteiger partial charge in [0.25, 0.3) is 5.95 Å². The highest BCUT2D eigenvalue weighted by Gasteiger charge is 2.08. The zero-order valence-corrected chi connectivity index (χ0v) is 8.92. The molecule has 0 bridgehead atoms. The third-order valence-corrected chi connectivity index (χ3v) is 2.03. The molecule has 0 amide bonds. The number of aromatic carboxylic acids is 1. The fourth-order valence-electron chi connectivity index (χ4n) is 0.973. The molecule has 0 aliphatic carbocycles. The molecule has 2 aromatic rings. The van der Waals surface area contributed by atoms with Crippen molar-refractivity contribution >= 4 is 21.9 Å². The number of nitrogens with zero attached hydrogens (tertiary/aromatic N) is 4. The van der Waals surface area contributed by atoms with E-state index in [1.807, 2.05) is 0 Å². The van der Waals surface area contributed by atoms with Gasteiger partial charge in [-0.15, -0.1) is 0 Å². The van der Waals surface area contributed by atoms with Crippen molar-refractivity contribution in [2.45, 2.75) is 0 Å². The van der Waals surface area contributed by atoms with Gasteiger partial charge in [-0.3, -0.25) is 0 Å². The average Bonchev–Trinajstić information content (AvgIpc) is 2.68. The predicted octanol–water partition coefficient (Wildman–Crippen LogP) is 1.12. The van der Waals surface area contributed by atoms with Gasteiger partial charge in [0.2, 0.25) is 0 Å². The van der Waals surface area contributed by atoms with Gasteiger partial charge in [0.05, 0.1) is 4.47 Å². The van der Waals surface area contributed by atoms with Gasteiger partial charge in [0, 0.05) is 18.6 Å². The molecule has 7 heteroatoms. The van der Waals surface area contributed by atoms with Crippen LogP contribution in [0.5, 0.6) is 0 Å². The number of halogens is 1. The summed E-state index contributed by atoms with van der Waals surface area (Å²) in [6.45, 7) is 0. The highest BCUT2D eigenvalue weighted by molar-refractivity contribution is 9.10. The first kappa shape index (κ1) is 9.78. The molecule has 0 saturated carbocycles. The van der Waals surface area contributed by atoms with Gasteiger partial charge in [-0.25, -0.2) is 19.4 Å². The van der Waals surface area contributed by atoms with Crippen molar-refractivity contribution < 1.29 is 9.90 Å². The van der Waals surface area contributed by atoms with Crippen LogP contribution in [0.1, 0.15) is 10.5 Å². The second kappa shape index (κ2) is 3.77. The smallest absolute Gasteiger partial charge is 0.356 e. The van der Waals surface area contributed by atoms with Crippen molar-refractivity contribution in [2.24, 2.45) is 0 Å². The molecule has 2 rings (SSSR count). The predicted molar refractivity (Wildman–Crippen MR) is 53.8 cm³/mol. The van der Waals surface area contributed by atoms with Crippen molar-refractivity contribution in [3.63, 3.8) is 0 Å². The van der Waals surface area contributed by atoms with Crippen LogP contribution in [0.15, 0.2) is 29.1 Å². The average molecular weight is 269 g/mol. The second-order valence-corrected chi connectivity index (χ2v) is 3.57. The molecule has 1 N–H and O–H groups in total. The largest absolute Gasteiger partial charge is 0.476 e. The van der Waals surface area contributed by atoms with Crippen molar-refractivity contribution in [1.29, 1.82) is 0 Å². The van der Waals surface area contributed by atoms with Gasteiger partial charge < -0.3 is 5.11 Å². The van der Waals surface area contributed by atoms with E-state index in [4.69, 9.17) is 5.11 Å². The molecule has 0 aromatic carbocycles. The van der Waals surface area contributed by atoms with E-state index in [0.29, 0.717) is 5.95 Å². The Morgan fingerprint density at radius 1 is 1.40 bits per heavy atom. The quantitative estimate of drug-likeness (QED) is 0.883. The topological polar surface area (TPSA) is 80.9 Å². The summed E-state index contributed by atoms with van der Waals surface area (Å²) in [7, 11) is 0. The third kappa shape index (κ3) is 2.01. The lowest BCUT2D eigenvalue weighted by molar-refractivity contribution is 0.0690. The number of carboxylic acids is 1. The molecular formula is C8H5BrN4O2. The van der Waals surface area contributed by atoms with E-state index in [0.717, 1.165) is 4.47 Å². The lowest BCUT2D eigenvalue weighted by atomic mass is 10.5. The Balaban J connectivity index is 2.37. The summed E-state index contributed by atoms with van der Waals surface area (Å²) < 4.78 is 2.05. The summed E-state index contributed by atoms with van der Waals surface area (Å²) in [5.74, 6) is -0.753. The molecule has 0 aliphatic heterocycles. The van der Waals surface area contributed by atoms with Crippen molar-refractivity contribution in [3.8, 4) is 5.95 Å². The van der Waals surface area contributed by atoms with Gasteiger partial charge in [0.15, 0.2) is 5.69 Å². The van der Waals surface area contributed by atoms with Crippen LogP contribution in [0, 0.1) is 0 Å². The lowest BCUT2D eigenvalue weighted by Gasteiger charge is -1.97. The summed E-state index contributed by atoms with van der Waals surface area (Å²) >= 11 is 3.20. The Labute approximate surface area is 92.7 Å². The number of hydrogen-bond acceptors (Lipinski definition) is 4. The van der Waals surface area contributed by atoms with E-state index in [1.165, 1.54) is 16.9 Å². The van der Waals surface area contributed by atoms with Crippen LogP contribution >= 0.6 is 15.9 Å². The second-order valence-electron chi connectivity index (χ2n) is 2.65. The van der Waals surface area contributed by atoms with Crippen LogP contribution in [0.2, 0.25) is 0 Å². The van der Waals surface area contributed by atoms with E-state index in [1.54, 1.807) is 12.4 Å². The molecule has 2 heterocycles. The number of hydrogen-bond donors (Lipinski definition) is 1. The molecule has 0 aliphatic rings. The fraction of sp³-hybridized carbons (Fsp3) is 0. The molecule has 0 radical (unpaired) electrons. The summed E-state index contributed by atoms with van der Waals surface area (Å²) in [6.07, 6.45) is 4.61. The number of aromatic nitrogens is 4. The fourth-order valence-corrected chi connectivity index (χ4v) is 1.18.